The number of carbonyl (C=O) groups is 1. The third-order valence-electron chi connectivity index (χ3n) is 4.17. The zero-order chi connectivity index (χ0) is 17.4. The van der Waals surface area contributed by atoms with Gasteiger partial charge in [-0.25, -0.2) is 14.8 Å². The normalized spacial score (nSPS) is 11.1. The van der Waals surface area contributed by atoms with Crippen LogP contribution in [0.15, 0.2) is 59.2 Å². The lowest BCUT2D eigenvalue weighted by atomic mass is 10.1. The minimum absolute atomic E-state index is 0.0984. The fourth-order valence-electron chi connectivity index (χ4n) is 2.81. The lowest BCUT2D eigenvalue weighted by Crippen LogP contribution is -1.99. The monoisotopic (exact) mass is 333 g/mol. The van der Waals surface area contributed by atoms with Gasteiger partial charge in [-0.15, -0.1) is 0 Å². The van der Waals surface area contributed by atoms with Crippen molar-refractivity contribution in [2.45, 2.75) is 6.42 Å². The number of hydrogen-bond donors (Lipinski definition) is 1. The Labute approximate surface area is 143 Å². The highest BCUT2D eigenvalue weighted by molar-refractivity contribution is 5.85. The Morgan fingerprint density at radius 2 is 1.88 bits per heavy atom. The number of para-hydroxylation sites is 2. The molecule has 0 bridgehead atoms. The molecule has 6 nitrogen and oxygen atoms in total. The van der Waals surface area contributed by atoms with E-state index in [1.54, 1.807) is 0 Å². The molecule has 25 heavy (non-hydrogen) atoms. The molecule has 0 aliphatic carbocycles. The van der Waals surface area contributed by atoms with Crippen LogP contribution in [-0.4, -0.2) is 25.6 Å². The average Bonchev–Trinajstić information content (AvgIpc) is 3.22. The van der Waals surface area contributed by atoms with Crippen molar-refractivity contribution in [2.75, 3.05) is 0 Å². The van der Waals surface area contributed by atoms with Crippen molar-refractivity contribution in [2.24, 2.45) is 7.05 Å². The zero-order valence-corrected chi connectivity index (χ0v) is 13.5. The van der Waals surface area contributed by atoms with E-state index < -0.39 is 5.97 Å². The van der Waals surface area contributed by atoms with Gasteiger partial charge in [0.05, 0.1) is 11.0 Å². The molecule has 2 heterocycles. The SMILES string of the molecule is Cn1c(Cc2ccc(-c3nc(C(=O)O)co3)cc2)nc2ccccc21. The number of aromatic nitrogens is 3. The fraction of sp³-hybridized carbons (Fsp3) is 0.105. The summed E-state index contributed by atoms with van der Waals surface area (Å²) in [6.45, 7) is 0. The van der Waals surface area contributed by atoms with E-state index in [0.717, 1.165) is 34.2 Å². The lowest BCUT2D eigenvalue weighted by molar-refractivity contribution is 0.0690. The van der Waals surface area contributed by atoms with Crippen LogP contribution < -0.4 is 0 Å². The Hall–Kier alpha value is -3.41. The van der Waals surface area contributed by atoms with Gasteiger partial charge in [0, 0.05) is 19.0 Å². The van der Waals surface area contributed by atoms with Crippen LogP contribution >= 0.6 is 0 Å². The fourth-order valence-corrected chi connectivity index (χ4v) is 2.81. The minimum atomic E-state index is -1.10. The minimum Gasteiger partial charge on any atom is -0.476 e. The summed E-state index contributed by atoms with van der Waals surface area (Å²) >= 11 is 0. The number of carboxylic acid groups (broad SMARTS) is 1. The number of aryl methyl sites for hydroxylation is 1. The molecule has 0 fully saturated rings. The maximum Gasteiger partial charge on any atom is 0.357 e. The van der Waals surface area contributed by atoms with E-state index in [0.29, 0.717) is 12.3 Å². The molecule has 0 atom stereocenters. The van der Waals surface area contributed by atoms with Crippen LogP contribution in [-0.2, 0) is 13.5 Å². The first-order valence-corrected chi connectivity index (χ1v) is 7.80. The number of oxazole rings is 1. The van der Waals surface area contributed by atoms with E-state index >= 15 is 0 Å². The van der Waals surface area contributed by atoms with Crippen molar-refractivity contribution in [3.63, 3.8) is 0 Å². The second-order valence-electron chi connectivity index (χ2n) is 5.79. The molecule has 0 unspecified atom stereocenters. The molecule has 2 aromatic carbocycles. The molecule has 0 saturated carbocycles. The second-order valence-corrected chi connectivity index (χ2v) is 5.79. The molecule has 0 amide bonds. The molecule has 0 saturated heterocycles. The van der Waals surface area contributed by atoms with E-state index in [4.69, 9.17) is 9.52 Å². The second kappa shape index (κ2) is 5.90. The Bertz CT molecular complexity index is 1060. The summed E-state index contributed by atoms with van der Waals surface area (Å²) in [5, 5.41) is 8.91. The topological polar surface area (TPSA) is 81.2 Å². The summed E-state index contributed by atoms with van der Waals surface area (Å²) in [5.74, 6) is 0.179. The molecule has 0 aliphatic heterocycles. The predicted molar refractivity (Wildman–Crippen MR) is 92.4 cm³/mol. The van der Waals surface area contributed by atoms with Crippen LogP contribution in [0.4, 0.5) is 0 Å². The molecule has 0 spiro atoms. The van der Waals surface area contributed by atoms with Crippen molar-refractivity contribution in [1.29, 1.82) is 0 Å². The molecule has 0 radical (unpaired) electrons. The third-order valence-corrected chi connectivity index (χ3v) is 4.17. The Balaban J connectivity index is 1.59. The van der Waals surface area contributed by atoms with Crippen LogP contribution in [0, 0.1) is 0 Å². The van der Waals surface area contributed by atoms with Crippen LogP contribution in [0.2, 0.25) is 0 Å². The number of fused-ring (bicyclic) bond motifs is 1. The van der Waals surface area contributed by atoms with Crippen LogP contribution in [0.1, 0.15) is 21.9 Å². The number of aromatic carboxylic acids is 1. The largest absolute Gasteiger partial charge is 0.476 e. The van der Waals surface area contributed by atoms with E-state index in [1.807, 2.05) is 49.5 Å². The number of nitrogens with zero attached hydrogens (tertiary/aromatic N) is 3. The number of carboxylic acids is 1. The molecule has 124 valence electrons. The number of rotatable bonds is 4. The van der Waals surface area contributed by atoms with Gasteiger partial charge in [-0.3, -0.25) is 0 Å². The van der Waals surface area contributed by atoms with Crippen molar-refractivity contribution in [3.05, 3.63) is 71.9 Å². The summed E-state index contributed by atoms with van der Waals surface area (Å²) < 4.78 is 7.31. The quantitative estimate of drug-likeness (QED) is 0.618. The average molecular weight is 333 g/mol. The van der Waals surface area contributed by atoms with Crippen molar-refractivity contribution in [1.82, 2.24) is 14.5 Å². The van der Waals surface area contributed by atoms with E-state index in [1.165, 1.54) is 0 Å². The number of imidazole rings is 1. The van der Waals surface area contributed by atoms with Crippen LogP contribution in [0.25, 0.3) is 22.5 Å². The third kappa shape index (κ3) is 2.78. The van der Waals surface area contributed by atoms with Gasteiger partial charge in [0.2, 0.25) is 5.89 Å². The Kier molecular flexibility index (Phi) is 3.57. The van der Waals surface area contributed by atoms with Gasteiger partial charge in [-0.1, -0.05) is 24.3 Å². The van der Waals surface area contributed by atoms with E-state index in [2.05, 4.69) is 20.6 Å². The van der Waals surface area contributed by atoms with Crippen molar-refractivity contribution < 1.29 is 14.3 Å². The van der Waals surface area contributed by atoms with E-state index in [-0.39, 0.29) is 5.69 Å². The molecule has 6 heteroatoms. The van der Waals surface area contributed by atoms with E-state index in [9.17, 15) is 4.79 Å². The summed E-state index contributed by atoms with van der Waals surface area (Å²) in [6, 6.07) is 15.7. The number of hydrogen-bond acceptors (Lipinski definition) is 4. The standard InChI is InChI=1S/C19H15N3O3/c1-22-16-5-3-2-4-14(16)20-17(22)10-12-6-8-13(9-7-12)18-21-15(11-25-18)19(23)24/h2-9,11H,10H2,1H3,(H,23,24). The molecule has 2 aromatic heterocycles. The molecule has 4 aromatic rings. The van der Waals surface area contributed by atoms with Gasteiger partial charge in [-0.05, 0) is 29.8 Å². The Morgan fingerprint density at radius 1 is 1.12 bits per heavy atom. The van der Waals surface area contributed by atoms with Crippen LogP contribution in [0.5, 0.6) is 0 Å². The molecular formula is C19H15N3O3. The Morgan fingerprint density at radius 3 is 2.56 bits per heavy atom. The maximum atomic E-state index is 10.9. The molecule has 0 aliphatic rings. The van der Waals surface area contributed by atoms with Gasteiger partial charge < -0.3 is 14.1 Å². The summed E-state index contributed by atoms with van der Waals surface area (Å²) in [5.41, 5.74) is 3.83. The van der Waals surface area contributed by atoms with Gasteiger partial charge >= 0.3 is 5.97 Å². The highest BCUT2D eigenvalue weighted by atomic mass is 16.4. The molecular weight excluding hydrogens is 318 g/mol. The van der Waals surface area contributed by atoms with Gasteiger partial charge in [0.25, 0.3) is 0 Å². The first-order valence-electron chi connectivity index (χ1n) is 7.80. The van der Waals surface area contributed by atoms with Crippen LogP contribution in [0.3, 0.4) is 0 Å². The van der Waals surface area contributed by atoms with Gasteiger partial charge in [-0.2, -0.15) is 0 Å². The zero-order valence-electron chi connectivity index (χ0n) is 13.5. The smallest absolute Gasteiger partial charge is 0.357 e. The van der Waals surface area contributed by atoms with Gasteiger partial charge in [0.1, 0.15) is 12.1 Å². The van der Waals surface area contributed by atoms with Gasteiger partial charge in [0.15, 0.2) is 5.69 Å². The molecule has 4 rings (SSSR count). The number of benzene rings is 2. The van der Waals surface area contributed by atoms with Crippen molar-refractivity contribution >= 4 is 17.0 Å². The first-order chi connectivity index (χ1) is 12.1. The first kappa shape index (κ1) is 15.1. The summed E-state index contributed by atoms with van der Waals surface area (Å²) in [4.78, 5) is 19.5. The maximum absolute atomic E-state index is 10.9. The highest BCUT2D eigenvalue weighted by Gasteiger charge is 2.12. The lowest BCUT2D eigenvalue weighted by Gasteiger charge is -2.03. The highest BCUT2D eigenvalue weighted by Crippen LogP contribution is 2.21. The predicted octanol–water partition coefficient (Wildman–Crippen LogP) is 3.52. The van der Waals surface area contributed by atoms with Crippen molar-refractivity contribution in [3.8, 4) is 11.5 Å². The molecule has 1 N–H and O–H groups in total. The summed E-state index contributed by atoms with van der Waals surface area (Å²) in [6.07, 6.45) is 1.85. The summed E-state index contributed by atoms with van der Waals surface area (Å²) in [7, 11) is 2.01.